The molecular formula is C15H20N2O4. The molecule has 2 saturated heterocycles. The van der Waals surface area contributed by atoms with Gasteiger partial charge in [0, 0.05) is 0 Å². The second kappa shape index (κ2) is 4.80. The van der Waals surface area contributed by atoms with Crippen LogP contribution in [0.3, 0.4) is 0 Å². The second-order valence-corrected chi connectivity index (χ2v) is 6.33. The average molecular weight is 292 g/mol. The number of esters is 1. The van der Waals surface area contributed by atoms with Crippen molar-refractivity contribution in [2.45, 2.75) is 69.0 Å². The number of carbonyl (C=O) groups excluding carboxylic acids is 1. The summed E-state index contributed by atoms with van der Waals surface area (Å²) in [5, 5.41) is 4.13. The monoisotopic (exact) mass is 292 g/mol. The van der Waals surface area contributed by atoms with Gasteiger partial charge in [0.1, 0.15) is 5.41 Å². The van der Waals surface area contributed by atoms with Crippen molar-refractivity contribution in [1.29, 1.82) is 0 Å². The lowest BCUT2D eigenvalue weighted by Gasteiger charge is -2.35. The molecule has 1 saturated carbocycles. The van der Waals surface area contributed by atoms with E-state index in [-0.39, 0.29) is 18.0 Å². The fraction of sp³-hybridized carbons (Fsp3) is 0.800. The van der Waals surface area contributed by atoms with Crippen LogP contribution in [-0.2, 0) is 19.7 Å². The Kier molecular flexibility index (Phi) is 3.03. The van der Waals surface area contributed by atoms with Gasteiger partial charge < -0.3 is 14.0 Å². The van der Waals surface area contributed by atoms with Crippen LogP contribution < -0.4 is 0 Å². The predicted molar refractivity (Wildman–Crippen MR) is 71.7 cm³/mol. The molecule has 0 aromatic carbocycles. The summed E-state index contributed by atoms with van der Waals surface area (Å²) in [7, 11) is 0. The summed E-state index contributed by atoms with van der Waals surface area (Å²) in [4.78, 5) is 16.8. The molecule has 2 aliphatic heterocycles. The number of ether oxygens (including phenoxy) is 2. The number of hydrogen-bond acceptors (Lipinski definition) is 6. The highest BCUT2D eigenvalue weighted by molar-refractivity contribution is 5.83. The van der Waals surface area contributed by atoms with Gasteiger partial charge in [-0.1, -0.05) is 11.6 Å². The third kappa shape index (κ3) is 1.92. The molecule has 1 aromatic rings. The van der Waals surface area contributed by atoms with Crippen molar-refractivity contribution in [2.24, 2.45) is 0 Å². The topological polar surface area (TPSA) is 74.5 Å². The van der Waals surface area contributed by atoms with Gasteiger partial charge in [-0.25, -0.2) is 0 Å². The van der Waals surface area contributed by atoms with Gasteiger partial charge in [-0.2, -0.15) is 4.98 Å². The van der Waals surface area contributed by atoms with Gasteiger partial charge in [0.05, 0.1) is 24.7 Å². The minimum absolute atomic E-state index is 0.223. The fourth-order valence-electron chi connectivity index (χ4n) is 3.79. The van der Waals surface area contributed by atoms with Crippen LogP contribution in [0.25, 0.3) is 0 Å². The molecule has 21 heavy (non-hydrogen) atoms. The zero-order chi connectivity index (χ0) is 14.4. The summed E-state index contributed by atoms with van der Waals surface area (Å²) in [6.45, 7) is 2.19. The van der Waals surface area contributed by atoms with Gasteiger partial charge in [0.15, 0.2) is 5.82 Å². The molecule has 4 rings (SSSR count). The van der Waals surface area contributed by atoms with E-state index in [9.17, 15) is 4.79 Å². The summed E-state index contributed by atoms with van der Waals surface area (Å²) < 4.78 is 16.5. The Morgan fingerprint density at radius 2 is 2.29 bits per heavy atom. The first-order valence-electron chi connectivity index (χ1n) is 7.90. The van der Waals surface area contributed by atoms with E-state index in [1.54, 1.807) is 0 Å². The van der Waals surface area contributed by atoms with Gasteiger partial charge in [-0.15, -0.1) is 0 Å². The standard InChI is InChI=1S/C15H20N2O4/c1-2-19-14(18)15(6-3-7-15)13-16-12(17-21-13)10-8-9-4-5-11(10)20-9/h9-11H,2-8H2,1H3. The zero-order valence-corrected chi connectivity index (χ0v) is 12.2. The van der Waals surface area contributed by atoms with Crippen molar-refractivity contribution in [3.05, 3.63) is 11.7 Å². The SMILES string of the molecule is CCOC(=O)C1(c2nc(C3CC4CCC3O4)no2)CCC1. The maximum absolute atomic E-state index is 12.2. The Morgan fingerprint density at radius 1 is 1.43 bits per heavy atom. The van der Waals surface area contributed by atoms with Gasteiger partial charge >= 0.3 is 5.97 Å². The first kappa shape index (κ1) is 13.2. The lowest BCUT2D eigenvalue weighted by atomic mass is 9.68. The molecule has 3 unspecified atom stereocenters. The minimum atomic E-state index is -0.695. The summed E-state index contributed by atoms with van der Waals surface area (Å²) >= 11 is 0. The van der Waals surface area contributed by atoms with Crippen molar-refractivity contribution in [2.75, 3.05) is 6.61 Å². The number of aromatic nitrogens is 2. The summed E-state index contributed by atoms with van der Waals surface area (Å²) in [5.41, 5.74) is -0.695. The van der Waals surface area contributed by atoms with E-state index >= 15 is 0 Å². The quantitative estimate of drug-likeness (QED) is 0.791. The van der Waals surface area contributed by atoms with E-state index in [0.717, 1.165) is 38.5 Å². The molecule has 0 N–H and O–H groups in total. The lowest BCUT2D eigenvalue weighted by Crippen LogP contribution is -2.44. The maximum Gasteiger partial charge on any atom is 0.321 e. The van der Waals surface area contributed by atoms with Crippen LogP contribution in [0.5, 0.6) is 0 Å². The van der Waals surface area contributed by atoms with E-state index in [0.29, 0.717) is 24.4 Å². The molecule has 1 aromatic heterocycles. The van der Waals surface area contributed by atoms with Crippen LogP contribution in [0.2, 0.25) is 0 Å². The van der Waals surface area contributed by atoms with Crippen molar-refractivity contribution in [3.63, 3.8) is 0 Å². The van der Waals surface area contributed by atoms with Gasteiger partial charge in [0.2, 0.25) is 5.89 Å². The van der Waals surface area contributed by atoms with E-state index < -0.39 is 5.41 Å². The molecule has 0 amide bonds. The number of hydrogen-bond donors (Lipinski definition) is 0. The van der Waals surface area contributed by atoms with Crippen LogP contribution in [0.4, 0.5) is 0 Å². The molecule has 6 heteroatoms. The van der Waals surface area contributed by atoms with Crippen molar-refractivity contribution < 1.29 is 18.8 Å². The second-order valence-electron chi connectivity index (χ2n) is 6.33. The number of nitrogens with zero attached hydrogens (tertiary/aromatic N) is 2. The average Bonchev–Trinajstić information content (AvgIpc) is 3.13. The van der Waals surface area contributed by atoms with Gasteiger partial charge in [0.25, 0.3) is 0 Å². The Bertz CT molecular complexity index is 552. The highest BCUT2D eigenvalue weighted by Gasteiger charge is 2.53. The van der Waals surface area contributed by atoms with Crippen molar-refractivity contribution >= 4 is 5.97 Å². The molecule has 3 atom stereocenters. The van der Waals surface area contributed by atoms with Gasteiger partial charge in [-0.3, -0.25) is 4.79 Å². The van der Waals surface area contributed by atoms with E-state index in [2.05, 4.69) is 10.1 Å². The number of fused-ring (bicyclic) bond motifs is 2. The van der Waals surface area contributed by atoms with E-state index in [4.69, 9.17) is 14.0 Å². The largest absolute Gasteiger partial charge is 0.465 e. The Hall–Kier alpha value is -1.43. The molecule has 2 bridgehead atoms. The maximum atomic E-state index is 12.2. The van der Waals surface area contributed by atoms with E-state index in [1.807, 2.05) is 6.92 Å². The highest BCUT2D eigenvalue weighted by atomic mass is 16.5. The predicted octanol–water partition coefficient (Wildman–Crippen LogP) is 2.09. The molecule has 114 valence electrons. The van der Waals surface area contributed by atoms with Crippen LogP contribution in [0.15, 0.2) is 4.52 Å². The number of carbonyl (C=O) groups is 1. The Balaban J connectivity index is 1.57. The molecular weight excluding hydrogens is 272 g/mol. The third-order valence-corrected chi connectivity index (χ3v) is 5.16. The van der Waals surface area contributed by atoms with Crippen LogP contribution in [0, 0.1) is 0 Å². The Morgan fingerprint density at radius 3 is 2.86 bits per heavy atom. The minimum Gasteiger partial charge on any atom is -0.465 e. The third-order valence-electron chi connectivity index (χ3n) is 5.16. The van der Waals surface area contributed by atoms with Crippen molar-refractivity contribution in [1.82, 2.24) is 10.1 Å². The number of rotatable bonds is 4. The smallest absolute Gasteiger partial charge is 0.321 e. The molecule has 3 fully saturated rings. The summed E-state index contributed by atoms with van der Waals surface area (Å²) in [5.74, 6) is 1.13. The van der Waals surface area contributed by atoms with Crippen LogP contribution >= 0.6 is 0 Å². The van der Waals surface area contributed by atoms with Gasteiger partial charge in [-0.05, 0) is 39.0 Å². The normalized spacial score (nSPS) is 32.9. The summed E-state index contributed by atoms with van der Waals surface area (Å²) in [6.07, 6.45) is 6.22. The molecule has 0 spiro atoms. The highest BCUT2D eigenvalue weighted by Crippen LogP contribution is 2.47. The lowest BCUT2D eigenvalue weighted by molar-refractivity contribution is -0.155. The molecule has 6 nitrogen and oxygen atoms in total. The van der Waals surface area contributed by atoms with Crippen molar-refractivity contribution in [3.8, 4) is 0 Å². The zero-order valence-electron chi connectivity index (χ0n) is 12.2. The van der Waals surface area contributed by atoms with Crippen LogP contribution in [0.1, 0.15) is 63.1 Å². The first-order valence-corrected chi connectivity index (χ1v) is 7.90. The fourth-order valence-corrected chi connectivity index (χ4v) is 3.79. The molecule has 1 aliphatic carbocycles. The molecule has 3 aliphatic rings. The molecule has 3 heterocycles. The van der Waals surface area contributed by atoms with E-state index in [1.165, 1.54) is 0 Å². The molecule has 0 radical (unpaired) electrons. The summed E-state index contributed by atoms with van der Waals surface area (Å²) in [6, 6.07) is 0. The van der Waals surface area contributed by atoms with Crippen LogP contribution in [-0.4, -0.2) is 34.9 Å². The Labute approximate surface area is 123 Å². The first-order chi connectivity index (χ1) is 10.2.